The molecule has 0 atom stereocenters. The molecule has 2 heterocycles. The molecule has 10 aromatic rings. The van der Waals surface area contributed by atoms with Gasteiger partial charge in [-0.1, -0.05) is 196 Å². The van der Waals surface area contributed by atoms with E-state index in [9.17, 15) is 0 Å². The van der Waals surface area contributed by atoms with E-state index in [0.29, 0.717) is 23.1 Å². The number of hydrogen-bond donors (Lipinski definition) is 0. The number of benzene rings is 9. The molecule has 2 aliphatic carbocycles. The monoisotopic (exact) mass is 846 g/mol. The van der Waals surface area contributed by atoms with E-state index < -0.39 is 5.41 Å². The Morgan fingerprint density at radius 2 is 0.909 bits per heavy atom. The van der Waals surface area contributed by atoms with Crippen molar-refractivity contribution in [2.45, 2.75) is 24.7 Å². The second-order valence-corrected chi connectivity index (χ2v) is 18.0. The molecule has 13 rings (SSSR count). The molecule has 0 unspecified atom stereocenters. The number of fused-ring (bicyclic) bond motifs is 9. The second kappa shape index (κ2) is 14.6. The number of ether oxygens (including phenoxy) is 2. The van der Waals surface area contributed by atoms with Crippen LogP contribution in [0.25, 0.3) is 67.3 Å². The largest absolute Gasteiger partial charge is 0.449 e. The molecular weight excluding hydrogens is 805 g/mol. The molecule has 0 amide bonds. The van der Waals surface area contributed by atoms with Crippen LogP contribution < -0.4 is 9.47 Å². The molecule has 4 heteroatoms. The molecule has 0 saturated heterocycles. The molecule has 312 valence electrons. The Hall–Kier alpha value is -8.34. The summed E-state index contributed by atoms with van der Waals surface area (Å²) >= 11 is 0. The van der Waals surface area contributed by atoms with Gasteiger partial charge in [-0.3, -0.25) is 0 Å². The minimum absolute atomic E-state index is 0.125. The van der Waals surface area contributed by atoms with Crippen molar-refractivity contribution in [1.29, 1.82) is 0 Å². The van der Waals surface area contributed by atoms with Gasteiger partial charge < -0.3 is 9.47 Å². The highest BCUT2D eigenvalue weighted by Gasteiger charge is 2.48. The minimum Gasteiger partial charge on any atom is -0.449 e. The fourth-order valence-electron chi connectivity index (χ4n) is 10.9. The summed E-state index contributed by atoms with van der Waals surface area (Å²) in [6, 6.07) is 77.5. The second-order valence-electron chi connectivity index (χ2n) is 18.0. The third kappa shape index (κ3) is 5.71. The zero-order valence-corrected chi connectivity index (χ0v) is 36.5. The average Bonchev–Trinajstić information content (AvgIpc) is 3.82. The SMILES string of the molecule is CC1(C)c2ccccc2-c2ccc(-c3cc(-c4cccc(-c5ccc6c(c5)Oc5c(ccc7c5-c5ccccc5C7(c5ccccc5)c5ccccc5)O6)c4)nc(-c4ccccc4)n3)cc21. The predicted octanol–water partition coefficient (Wildman–Crippen LogP) is 15.7. The first kappa shape index (κ1) is 38.1. The summed E-state index contributed by atoms with van der Waals surface area (Å²) in [5.41, 5.74) is 18.4. The van der Waals surface area contributed by atoms with Gasteiger partial charge in [-0.15, -0.1) is 0 Å². The summed E-state index contributed by atoms with van der Waals surface area (Å²) < 4.78 is 13.8. The Bertz CT molecular complexity index is 3520. The summed E-state index contributed by atoms with van der Waals surface area (Å²) in [6.45, 7) is 4.64. The van der Waals surface area contributed by atoms with E-state index in [1.807, 2.05) is 24.3 Å². The normalized spacial score (nSPS) is 14.1. The van der Waals surface area contributed by atoms with Crippen LogP contribution in [0.5, 0.6) is 23.0 Å². The first-order valence-electron chi connectivity index (χ1n) is 22.6. The van der Waals surface area contributed by atoms with Crippen LogP contribution in [0, 0.1) is 0 Å². The number of nitrogens with zero attached hydrogens (tertiary/aromatic N) is 2. The lowest BCUT2D eigenvalue weighted by Crippen LogP contribution is -2.28. The van der Waals surface area contributed by atoms with E-state index in [4.69, 9.17) is 19.4 Å². The Labute approximate surface area is 384 Å². The molecule has 0 bridgehead atoms. The molecule has 3 aliphatic rings. The van der Waals surface area contributed by atoms with Crippen LogP contribution in [-0.2, 0) is 10.8 Å². The summed E-state index contributed by atoms with van der Waals surface area (Å²) in [4.78, 5) is 10.4. The van der Waals surface area contributed by atoms with Crippen LogP contribution in [0.15, 0.2) is 218 Å². The van der Waals surface area contributed by atoms with Crippen LogP contribution in [0.3, 0.4) is 0 Å². The first-order chi connectivity index (χ1) is 32.4. The van der Waals surface area contributed by atoms with Crippen LogP contribution in [0.2, 0.25) is 0 Å². The maximum Gasteiger partial charge on any atom is 0.178 e. The maximum atomic E-state index is 7.07. The highest BCUT2D eigenvalue weighted by atomic mass is 16.6. The van der Waals surface area contributed by atoms with Gasteiger partial charge >= 0.3 is 0 Å². The molecule has 0 saturated carbocycles. The van der Waals surface area contributed by atoms with Gasteiger partial charge in [0.15, 0.2) is 28.8 Å². The van der Waals surface area contributed by atoms with E-state index in [2.05, 4.69) is 208 Å². The van der Waals surface area contributed by atoms with E-state index in [1.165, 1.54) is 44.5 Å². The molecule has 0 radical (unpaired) electrons. The number of rotatable bonds is 6. The lowest BCUT2D eigenvalue weighted by Gasteiger charge is -2.34. The lowest BCUT2D eigenvalue weighted by atomic mass is 9.68. The molecule has 0 N–H and O–H groups in total. The molecule has 66 heavy (non-hydrogen) atoms. The van der Waals surface area contributed by atoms with Crippen molar-refractivity contribution in [2.75, 3.05) is 0 Å². The van der Waals surface area contributed by atoms with Crippen molar-refractivity contribution in [3.63, 3.8) is 0 Å². The van der Waals surface area contributed by atoms with E-state index in [0.717, 1.165) is 56.1 Å². The predicted molar refractivity (Wildman–Crippen MR) is 265 cm³/mol. The average molecular weight is 847 g/mol. The molecular formula is C62H42N2O2. The van der Waals surface area contributed by atoms with Crippen LogP contribution >= 0.6 is 0 Å². The Morgan fingerprint density at radius 1 is 0.348 bits per heavy atom. The molecule has 0 fully saturated rings. The third-order valence-corrected chi connectivity index (χ3v) is 14.0. The van der Waals surface area contributed by atoms with Crippen molar-refractivity contribution in [3.05, 3.63) is 252 Å². The summed E-state index contributed by atoms with van der Waals surface area (Å²) in [5.74, 6) is 3.47. The highest BCUT2D eigenvalue weighted by molar-refractivity contribution is 5.92. The quantitative estimate of drug-likeness (QED) is 0.167. The summed E-state index contributed by atoms with van der Waals surface area (Å²) in [5, 5.41) is 0. The van der Waals surface area contributed by atoms with Crippen molar-refractivity contribution >= 4 is 0 Å². The van der Waals surface area contributed by atoms with Gasteiger partial charge in [0.2, 0.25) is 0 Å². The smallest absolute Gasteiger partial charge is 0.178 e. The van der Waals surface area contributed by atoms with E-state index in [1.54, 1.807) is 0 Å². The van der Waals surface area contributed by atoms with Gasteiger partial charge in [-0.2, -0.15) is 0 Å². The van der Waals surface area contributed by atoms with Gasteiger partial charge in [0.05, 0.1) is 16.8 Å². The third-order valence-electron chi connectivity index (χ3n) is 14.0. The lowest BCUT2D eigenvalue weighted by molar-refractivity contribution is 0.360. The van der Waals surface area contributed by atoms with E-state index >= 15 is 0 Å². The molecule has 4 nitrogen and oxygen atoms in total. The minimum atomic E-state index is -0.542. The van der Waals surface area contributed by atoms with Crippen LogP contribution in [-0.4, -0.2) is 9.97 Å². The zero-order valence-electron chi connectivity index (χ0n) is 36.5. The Kier molecular flexibility index (Phi) is 8.44. The first-order valence-corrected chi connectivity index (χ1v) is 22.6. The standard InChI is InChI=1S/C62H42N2O2/c1-61(2)49-27-14-12-25-46(49)47-31-29-43(36-52(47)61)54-38-53(63-60(64-54)39-17-6-3-7-18-39)42-20-16-19-40(35-42)41-30-33-55-57(37-41)66-59-56(65-55)34-32-51-58(59)48-26-13-15-28-50(48)62(51,44-21-8-4-9-22-44)45-23-10-5-11-24-45/h3-38H,1-2H3. The Balaban J connectivity index is 0.897. The van der Waals surface area contributed by atoms with Gasteiger partial charge in [-0.05, 0) is 97.6 Å². The van der Waals surface area contributed by atoms with Crippen LogP contribution in [0.1, 0.15) is 47.2 Å². The van der Waals surface area contributed by atoms with Crippen molar-refractivity contribution in [3.8, 4) is 90.3 Å². The van der Waals surface area contributed by atoms with Crippen LogP contribution in [0.4, 0.5) is 0 Å². The van der Waals surface area contributed by atoms with Gasteiger partial charge in [0.1, 0.15) is 0 Å². The van der Waals surface area contributed by atoms with Gasteiger partial charge in [0, 0.05) is 27.7 Å². The molecule has 0 spiro atoms. The topological polar surface area (TPSA) is 44.2 Å². The summed E-state index contributed by atoms with van der Waals surface area (Å²) in [7, 11) is 0. The number of hydrogen-bond acceptors (Lipinski definition) is 4. The Morgan fingerprint density at radius 3 is 1.65 bits per heavy atom. The zero-order chi connectivity index (χ0) is 44.0. The van der Waals surface area contributed by atoms with Gasteiger partial charge in [0.25, 0.3) is 0 Å². The molecule has 1 aliphatic heterocycles. The fourth-order valence-corrected chi connectivity index (χ4v) is 10.9. The molecule has 9 aromatic carbocycles. The molecule has 1 aromatic heterocycles. The fraction of sp³-hybridized carbons (Fsp3) is 0.0645. The maximum absolute atomic E-state index is 7.07. The number of aromatic nitrogens is 2. The van der Waals surface area contributed by atoms with E-state index in [-0.39, 0.29) is 5.41 Å². The van der Waals surface area contributed by atoms with Crippen molar-refractivity contribution in [2.24, 2.45) is 0 Å². The highest BCUT2D eigenvalue weighted by Crippen LogP contribution is 2.62. The summed E-state index contributed by atoms with van der Waals surface area (Å²) in [6.07, 6.45) is 0. The van der Waals surface area contributed by atoms with Crippen molar-refractivity contribution in [1.82, 2.24) is 9.97 Å². The van der Waals surface area contributed by atoms with Crippen molar-refractivity contribution < 1.29 is 9.47 Å². The van der Waals surface area contributed by atoms with Gasteiger partial charge in [-0.25, -0.2) is 9.97 Å².